The fourth-order valence-electron chi connectivity index (χ4n) is 1.59. The third-order valence-electron chi connectivity index (χ3n) is 2.57. The first kappa shape index (κ1) is 14.2. The third kappa shape index (κ3) is 4.86. The molecule has 0 spiro atoms. The van der Waals surface area contributed by atoms with Gasteiger partial charge in [-0.25, -0.2) is 0 Å². The van der Waals surface area contributed by atoms with Gasteiger partial charge in [-0.05, 0) is 36.5 Å². The van der Waals surface area contributed by atoms with Crippen molar-refractivity contribution < 1.29 is 9.47 Å². The van der Waals surface area contributed by atoms with Crippen LogP contribution >= 0.6 is 11.6 Å². The lowest BCUT2D eigenvalue weighted by Gasteiger charge is -2.12. The maximum absolute atomic E-state index is 5.80. The molecule has 0 aromatic heterocycles. The van der Waals surface area contributed by atoms with Crippen molar-refractivity contribution in [3.63, 3.8) is 0 Å². The molecule has 0 radical (unpaired) electrons. The van der Waals surface area contributed by atoms with E-state index in [-0.39, 0.29) is 0 Å². The highest BCUT2D eigenvalue weighted by molar-refractivity contribution is 6.17. The van der Waals surface area contributed by atoms with Gasteiger partial charge in [-0.2, -0.15) is 0 Å². The molecule has 0 amide bonds. The Labute approximate surface area is 109 Å². The molecule has 0 aliphatic rings. The van der Waals surface area contributed by atoms with Crippen LogP contribution in [-0.4, -0.2) is 13.7 Å². The van der Waals surface area contributed by atoms with E-state index in [0.29, 0.717) is 5.88 Å². The van der Waals surface area contributed by atoms with Gasteiger partial charge >= 0.3 is 0 Å². The van der Waals surface area contributed by atoms with Crippen LogP contribution in [0.15, 0.2) is 18.2 Å². The lowest BCUT2D eigenvalue weighted by molar-refractivity contribution is 0.279. The zero-order valence-electron chi connectivity index (χ0n) is 10.8. The predicted octanol–water partition coefficient (Wildman–Crippen LogP) is 4.25. The minimum absolute atomic E-state index is 0.492. The summed E-state index contributed by atoms with van der Waals surface area (Å²) in [5.41, 5.74) is 1.05. The summed E-state index contributed by atoms with van der Waals surface area (Å²) in [5, 5.41) is 0. The summed E-state index contributed by atoms with van der Waals surface area (Å²) >= 11 is 5.80. The number of rotatable bonds is 7. The summed E-state index contributed by atoms with van der Waals surface area (Å²) in [6.07, 6.45) is 2.24. The Morgan fingerprint density at radius 1 is 1.24 bits per heavy atom. The molecule has 0 saturated carbocycles. The monoisotopic (exact) mass is 256 g/mol. The fraction of sp³-hybridized carbons (Fsp3) is 0.571. The van der Waals surface area contributed by atoms with E-state index in [1.165, 1.54) is 6.42 Å². The van der Waals surface area contributed by atoms with Crippen LogP contribution in [0.25, 0.3) is 0 Å². The van der Waals surface area contributed by atoms with Crippen LogP contribution in [0.1, 0.15) is 32.3 Å². The first-order valence-electron chi connectivity index (χ1n) is 6.03. The highest BCUT2D eigenvalue weighted by Crippen LogP contribution is 2.28. The normalized spacial score (nSPS) is 10.6. The summed E-state index contributed by atoms with van der Waals surface area (Å²) < 4.78 is 11.0. The molecule has 0 unspecified atom stereocenters. The smallest absolute Gasteiger partial charge is 0.161 e. The first-order chi connectivity index (χ1) is 8.17. The molecular formula is C14H21ClO2. The topological polar surface area (TPSA) is 18.5 Å². The van der Waals surface area contributed by atoms with Gasteiger partial charge in [-0.15, -0.1) is 11.6 Å². The summed E-state index contributed by atoms with van der Waals surface area (Å²) in [5.74, 6) is 2.76. The summed E-state index contributed by atoms with van der Waals surface area (Å²) in [4.78, 5) is 0. The number of methoxy groups -OCH3 is 1. The van der Waals surface area contributed by atoms with Gasteiger partial charge in [0.15, 0.2) is 11.5 Å². The average molecular weight is 257 g/mol. The van der Waals surface area contributed by atoms with E-state index < -0.39 is 0 Å². The Morgan fingerprint density at radius 2 is 2.00 bits per heavy atom. The zero-order chi connectivity index (χ0) is 12.7. The number of hydrogen-bond acceptors (Lipinski definition) is 2. The van der Waals surface area contributed by atoms with Crippen molar-refractivity contribution in [2.24, 2.45) is 5.92 Å². The van der Waals surface area contributed by atoms with E-state index in [4.69, 9.17) is 21.1 Å². The van der Waals surface area contributed by atoms with Gasteiger partial charge in [0.25, 0.3) is 0 Å². The van der Waals surface area contributed by atoms with Gasteiger partial charge in [0.05, 0.1) is 13.7 Å². The Balaban J connectivity index is 2.55. The van der Waals surface area contributed by atoms with Crippen LogP contribution in [0.5, 0.6) is 11.5 Å². The molecule has 0 bridgehead atoms. The molecule has 2 nitrogen and oxygen atoms in total. The second kappa shape index (κ2) is 7.44. The molecule has 1 aromatic rings. The van der Waals surface area contributed by atoms with Crippen molar-refractivity contribution in [2.75, 3.05) is 13.7 Å². The third-order valence-corrected chi connectivity index (χ3v) is 2.87. The van der Waals surface area contributed by atoms with E-state index in [9.17, 15) is 0 Å². The highest BCUT2D eigenvalue weighted by atomic mass is 35.5. The molecule has 0 heterocycles. The maximum atomic E-state index is 5.80. The molecule has 0 atom stereocenters. The van der Waals surface area contributed by atoms with Gasteiger partial charge in [-0.3, -0.25) is 0 Å². The van der Waals surface area contributed by atoms with Crippen molar-refractivity contribution in [3.8, 4) is 11.5 Å². The number of ether oxygens (including phenoxy) is 2. The number of hydrogen-bond donors (Lipinski definition) is 0. The summed E-state index contributed by atoms with van der Waals surface area (Å²) in [6, 6.07) is 5.80. The molecule has 0 saturated heterocycles. The van der Waals surface area contributed by atoms with E-state index in [0.717, 1.165) is 36.0 Å². The Kier molecular flexibility index (Phi) is 6.20. The van der Waals surface area contributed by atoms with Crippen molar-refractivity contribution in [1.82, 2.24) is 0 Å². The summed E-state index contributed by atoms with van der Waals surface area (Å²) in [7, 11) is 1.65. The fourth-order valence-corrected chi connectivity index (χ4v) is 1.76. The molecular weight excluding hydrogens is 236 g/mol. The van der Waals surface area contributed by atoms with Gasteiger partial charge in [0, 0.05) is 5.88 Å². The van der Waals surface area contributed by atoms with Gasteiger partial charge in [0.1, 0.15) is 0 Å². The van der Waals surface area contributed by atoms with Crippen LogP contribution in [0.4, 0.5) is 0 Å². The van der Waals surface area contributed by atoms with E-state index in [2.05, 4.69) is 13.8 Å². The van der Waals surface area contributed by atoms with Gasteiger partial charge in [0.2, 0.25) is 0 Å². The molecule has 0 fully saturated rings. The second-order valence-electron chi connectivity index (χ2n) is 4.50. The van der Waals surface area contributed by atoms with Gasteiger partial charge in [-0.1, -0.05) is 19.9 Å². The van der Waals surface area contributed by atoms with Crippen molar-refractivity contribution >= 4 is 11.6 Å². The van der Waals surface area contributed by atoms with E-state index >= 15 is 0 Å². The maximum Gasteiger partial charge on any atom is 0.161 e. The first-order valence-corrected chi connectivity index (χ1v) is 6.56. The zero-order valence-corrected chi connectivity index (χ0v) is 11.6. The largest absolute Gasteiger partial charge is 0.493 e. The number of halogens is 1. The summed E-state index contributed by atoms with van der Waals surface area (Å²) in [6.45, 7) is 5.16. The van der Waals surface area contributed by atoms with Crippen molar-refractivity contribution in [2.45, 2.75) is 32.6 Å². The quantitative estimate of drug-likeness (QED) is 0.536. The van der Waals surface area contributed by atoms with Crippen molar-refractivity contribution in [3.05, 3.63) is 23.8 Å². The minimum Gasteiger partial charge on any atom is -0.493 e. The second-order valence-corrected chi connectivity index (χ2v) is 4.77. The molecule has 3 heteroatoms. The molecule has 0 aliphatic heterocycles. The number of alkyl halides is 1. The highest BCUT2D eigenvalue weighted by Gasteiger charge is 2.05. The lowest BCUT2D eigenvalue weighted by atomic mass is 10.1. The predicted molar refractivity (Wildman–Crippen MR) is 72.1 cm³/mol. The van der Waals surface area contributed by atoms with Crippen LogP contribution in [0.3, 0.4) is 0 Å². The van der Waals surface area contributed by atoms with E-state index in [1.54, 1.807) is 7.11 Å². The van der Waals surface area contributed by atoms with E-state index in [1.807, 2.05) is 18.2 Å². The average Bonchev–Trinajstić information content (AvgIpc) is 2.34. The molecule has 1 aromatic carbocycles. The Hall–Kier alpha value is -0.890. The van der Waals surface area contributed by atoms with Crippen LogP contribution < -0.4 is 9.47 Å². The molecule has 17 heavy (non-hydrogen) atoms. The Morgan fingerprint density at radius 3 is 2.59 bits per heavy atom. The van der Waals surface area contributed by atoms with Crippen LogP contribution in [0.2, 0.25) is 0 Å². The lowest BCUT2D eigenvalue weighted by Crippen LogP contribution is -2.01. The number of benzene rings is 1. The molecule has 1 rings (SSSR count). The van der Waals surface area contributed by atoms with Crippen LogP contribution in [-0.2, 0) is 5.88 Å². The molecule has 0 N–H and O–H groups in total. The minimum atomic E-state index is 0.492. The van der Waals surface area contributed by atoms with Crippen molar-refractivity contribution in [1.29, 1.82) is 0 Å². The van der Waals surface area contributed by atoms with Gasteiger partial charge < -0.3 is 9.47 Å². The SMILES string of the molecule is COc1ccc(CCl)cc1OCCCC(C)C. The standard InChI is InChI=1S/C14H21ClO2/c1-11(2)5-4-8-17-14-9-12(10-15)6-7-13(14)16-3/h6-7,9,11H,4-5,8,10H2,1-3H3. The Bertz CT molecular complexity index is 337. The van der Waals surface area contributed by atoms with Crippen LogP contribution in [0, 0.1) is 5.92 Å². The molecule has 0 aliphatic carbocycles. The molecule has 96 valence electrons.